The second-order valence-corrected chi connectivity index (χ2v) is 4.24. The molecule has 0 heterocycles. The molecular formula is C13H19F3N2O. The van der Waals surface area contributed by atoms with Gasteiger partial charge in [0.05, 0.1) is 11.4 Å². The van der Waals surface area contributed by atoms with Crippen molar-refractivity contribution in [2.75, 3.05) is 17.6 Å². The molecule has 0 saturated carbocycles. The minimum absolute atomic E-state index is 0.176. The number of anilines is 2. The minimum atomic E-state index is -3.06. The van der Waals surface area contributed by atoms with Crippen molar-refractivity contribution in [3.8, 4) is 5.75 Å². The van der Waals surface area contributed by atoms with Crippen molar-refractivity contribution < 1.29 is 17.9 Å². The van der Waals surface area contributed by atoms with Gasteiger partial charge in [0, 0.05) is 18.7 Å². The average Bonchev–Trinajstić information content (AvgIpc) is 2.33. The third-order valence-corrected chi connectivity index (χ3v) is 2.67. The van der Waals surface area contributed by atoms with Gasteiger partial charge in [-0.05, 0) is 6.42 Å². The van der Waals surface area contributed by atoms with Gasteiger partial charge < -0.3 is 15.8 Å². The third kappa shape index (κ3) is 5.28. The van der Waals surface area contributed by atoms with Crippen LogP contribution in [0.3, 0.4) is 0 Å². The Balaban J connectivity index is 2.61. The molecule has 0 amide bonds. The highest BCUT2D eigenvalue weighted by atomic mass is 19.3. The quantitative estimate of drug-likeness (QED) is 0.557. The van der Waals surface area contributed by atoms with Crippen molar-refractivity contribution >= 4 is 11.4 Å². The largest absolute Gasteiger partial charge is 0.432 e. The third-order valence-electron chi connectivity index (χ3n) is 2.67. The molecule has 0 bridgehead atoms. The monoisotopic (exact) mass is 276 g/mol. The maximum Gasteiger partial charge on any atom is 0.387 e. The number of hydrogen-bond donors (Lipinski definition) is 2. The van der Waals surface area contributed by atoms with Gasteiger partial charge >= 0.3 is 6.61 Å². The smallest absolute Gasteiger partial charge is 0.387 e. The highest BCUT2D eigenvalue weighted by Gasteiger charge is 2.13. The number of alkyl halides is 2. The number of ether oxygens (including phenoxy) is 1. The molecule has 0 saturated heterocycles. The Morgan fingerprint density at radius 3 is 2.63 bits per heavy atom. The van der Waals surface area contributed by atoms with Crippen molar-refractivity contribution in [2.24, 2.45) is 0 Å². The van der Waals surface area contributed by atoms with E-state index in [1.54, 1.807) is 0 Å². The lowest BCUT2D eigenvalue weighted by atomic mass is 10.2. The van der Waals surface area contributed by atoms with Crippen molar-refractivity contribution in [3.05, 3.63) is 17.9 Å². The molecule has 0 aliphatic carbocycles. The van der Waals surface area contributed by atoms with Gasteiger partial charge in [0.15, 0.2) is 11.6 Å². The molecule has 0 fully saturated rings. The van der Waals surface area contributed by atoms with Gasteiger partial charge in [-0.2, -0.15) is 8.78 Å². The van der Waals surface area contributed by atoms with Crippen LogP contribution in [0.2, 0.25) is 0 Å². The van der Waals surface area contributed by atoms with Gasteiger partial charge in [0.2, 0.25) is 0 Å². The van der Waals surface area contributed by atoms with Gasteiger partial charge in [0.25, 0.3) is 0 Å². The van der Waals surface area contributed by atoms with Gasteiger partial charge in [-0.15, -0.1) is 0 Å². The van der Waals surface area contributed by atoms with E-state index in [9.17, 15) is 13.2 Å². The Labute approximate surface area is 110 Å². The maximum absolute atomic E-state index is 13.3. The molecule has 0 aromatic heterocycles. The van der Waals surface area contributed by atoms with E-state index in [1.165, 1.54) is 0 Å². The molecule has 0 aliphatic heterocycles. The SMILES string of the molecule is CCCCCCNc1cc(OC(F)F)c(F)cc1N. The summed E-state index contributed by atoms with van der Waals surface area (Å²) < 4.78 is 41.6. The highest BCUT2D eigenvalue weighted by Crippen LogP contribution is 2.29. The fourth-order valence-corrected chi connectivity index (χ4v) is 1.68. The average molecular weight is 276 g/mol. The summed E-state index contributed by atoms with van der Waals surface area (Å²) in [5.74, 6) is -1.39. The van der Waals surface area contributed by atoms with Crippen molar-refractivity contribution in [1.29, 1.82) is 0 Å². The summed E-state index contributed by atoms with van der Waals surface area (Å²) in [6.45, 7) is -0.293. The summed E-state index contributed by atoms with van der Waals surface area (Å²) in [4.78, 5) is 0. The van der Waals surface area contributed by atoms with Gasteiger partial charge in [-0.3, -0.25) is 0 Å². The molecule has 3 nitrogen and oxygen atoms in total. The van der Waals surface area contributed by atoms with Crippen LogP contribution in [0.1, 0.15) is 32.6 Å². The second kappa shape index (κ2) is 7.76. The predicted octanol–water partition coefficient (Wildman–Crippen LogP) is 4.00. The summed E-state index contributed by atoms with van der Waals surface area (Å²) in [5.41, 5.74) is 6.20. The number of hydrogen-bond acceptors (Lipinski definition) is 3. The van der Waals surface area contributed by atoms with Gasteiger partial charge in [-0.1, -0.05) is 26.2 Å². The number of nitrogens with two attached hydrogens (primary N) is 1. The van der Waals surface area contributed by atoms with E-state index in [4.69, 9.17) is 5.73 Å². The first kappa shape index (κ1) is 15.5. The lowest BCUT2D eigenvalue weighted by Gasteiger charge is -2.12. The fourth-order valence-electron chi connectivity index (χ4n) is 1.68. The highest BCUT2D eigenvalue weighted by molar-refractivity contribution is 5.68. The molecule has 108 valence electrons. The van der Waals surface area contributed by atoms with E-state index in [0.717, 1.165) is 37.8 Å². The Bertz CT molecular complexity index is 400. The normalized spacial score (nSPS) is 10.8. The minimum Gasteiger partial charge on any atom is -0.432 e. The van der Waals surface area contributed by atoms with E-state index >= 15 is 0 Å². The summed E-state index contributed by atoms with van der Waals surface area (Å²) in [6.07, 6.45) is 4.28. The first-order chi connectivity index (χ1) is 9.04. The van der Waals surface area contributed by atoms with Gasteiger partial charge in [-0.25, -0.2) is 4.39 Å². The predicted molar refractivity (Wildman–Crippen MR) is 70.1 cm³/mol. The van der Waals surface area contributed by atoms with Crippen molar-refractivity contribution in [3.63, 3.8) is 0 Å². The van der Waals surface area contributed by atoms with Crippen LogP contribution in [-0.4, -0.2) is 13.2 Å². The first-order valence-electron chi connectivity index (χ1n) is 6.32. The van der Waals surface area contributed by atoms with E-state index in [-0.39, 0.29) is 5.69 Å². The molecule has 0 unspecified atom stereocenters. The van der Waals surface area contributed by atoms with Gasteiger partial charge in [0.1, 0.15) is 0 Å². The molecule has 3 N–H and O–H groups in total. The summed E-state index contributed by atoms with van der Waals surface area (Å²) in [6, 6.07) is 2.14. The van der Waals surface area contributed by atoms with Crippen molar-refractivity contribution in [1.82, 2.24) is 0 Å². The molecule has 0 spiro atoms. The van der Waals surface area contributed by atoms with Crippen LogP contribution < -0.4 is 15.8 Å². The second-order valence-electron chi connectivity index (χ2n) is 4.24. The Hall–Kier alpha value is -1.59. The summed E-state index contributed by atoms with van der Waals surface area (Å²) in [5, 5.41) is 3.00. The van der Waals surface area contributed by atoms with Crippen LogP contribution in [0.15, 0.2) is 12.1 Å². The molecular weight excluding hydrogens is 257 g/mol. The molecule has 1 aromatic carbocycles. The summed E-state index contributed by atoms with van der Waals surface area (Å²) in [7, 11) is 0. The Morgan fingerprint density at radius 1 is 1.26 bits per heavy atom. The van der Waals surface area contributed by atoms with Crippen LogP contribution in [0.5, 0.6) is 5.75 Å². The topological polar surface area (TPSA) is 47.3 Å². The van der Waals surface area contributed by atoms with Crippen LogP contribution in [0.4, 0.5) is 24.5 Å². The Kier molecular flexibility index (Phi) is 6.32. The van der Waals surface area contributed by atoms with E-state index in [0.29, 0.717) is 12.2 Å². The number of nitrogens with one attached hydrogen (secondary N) is 1. The molecule has 0 radical (unpaired) electrons. The summed E-state index contributed by atoms with van der Waals surface area (Å²) >= 11 is 0. The number of halogens is 3. The number of rotatable bonds is 8. The molecule has 1 rings (SSSR count). The zero-order valence-electron chi connectivity index (χ0n) is 10.9. The van der Waals surface area contributed by atoms with E-state index < -0.39 is 18.2 Å². The first-order valence-corrected chi connectivity index (χ1v) is 6.32. The number of benzene rings is 1. The molecule has 6 heteroatoms. The van der Waals surface area contributed by atoms with E-state index in [1.807, 2.05) is 0 Å². The molecule has 19 heavy (non-hydrogen) atoms. The Morgan fingerprint density at radius 2 is 2.00 bits per heavy atom. The van der Waals surface area contributed by atoms with Crippen LogP contribution in [-0.2, 0) is 0 Å². The van der Waals surface area contributed by atoms with Crippen molar-refractivity contribution in [2.45, 2.75) is 39.2 Å². The zero-order valence-corrected chi connectivity index (χ0v) is 10.9. The van der Waals surface area contributed by atoms with Crippen LogP contribution in [0.25, 0.3) is 0 Å². The maximum atomic E-state index is 13.3. The fraction of sp³-hybridized carbons (Fsp3) is 0.538. The zero-order chi connectivity index (χ0) is 14.3. The lowest BCUT2D eigenvalue weighted by Crippen LogP contribution is -2.08. The molecule has 1 aromatic rings. The standard InChI is InChI=1S/C13H19F3N2O/c1-2-3-4-5-6-18-11-8-12(19-13(15)16)9(14)7-10(11)17/h7-8,13,18H,2-6,17H2,1H3. The lowest BCUT2D eigenvalue weighted by molar-refractivity contribution is -0.0521. The van der Waals surface area contributed by atoms with E-state index in [2.05, 4.69) is 17.0 Å². The molecule has 0 atom stereocenters. The number of unbranched alkanes of at least 4 members (excludes halogenated alkanes) is 3. The van der Waals surface area contributed by atoms with Crippen LogP contribution >= 0.6 is 0 Å². The number of nitrogen functional groups attached to an aromatic ring is 1. The molecule has 0 aliphatic rings. The van der Waals surface area contributed by atoms with Crippen LogP contribution in [0, 0.1) is 5.82 Å².